The maximum atomic E-state index is 10.9. The first-order valence-corrected chi connectivity index (χ1v) is 8.11. The van der Waals surface area contributed by atoms with E-state index in [4.69, 9.17) is 9.47 Å². The zero-order valence-corrected chi connectivity index (χ0v) is 14.9. The SMILES string of the molecule is CC(=O)NC(C)C#Cc1ccc(Oc2ccc(OC(C)C)cc2)nc1. The molecule has 1 atom stereocenters. The summed E-state index contributed by atoms with van der Waals surface area (Å²) in [6.45, 7) is 7.25. The fourth-order valence-electron chi connectivity index (χ4n) is 2.03. The van der Waals surface area contributed by atoms with Crippen LogP contribution in [-0.4, -0.2) is 23.0 Å². The summed E-state index contributed by atoms with van der Waals surface area (Å²) in [6.07, 6.45) is 1.77. The van der Waals surface area contributed by atoms with Gasteiger partial charge in [-0.2, -0.15) is 0 Å². The third-order valence-electron chi connectivity index (χ3n) is 3.01. The van der Waals surface area contributed by atoms with Gasteiger partial charge in [-0.25, -0.2) is 4.98 Å². The Labute approximate surface area is 148 Å². The molecule has 5 heteroatoms. The van der Waals surface area contributed by atoms with Gasteiger partial charge in [-0.1, -0.05) is 11.8 Å². The second kappa shape index (κ2) is 8.74. The minimum absolute atomic E-state index is 0.103. The molecule has 130 valence electrons. The number of amides is 1. The van der Waals surface area contributed by atoms with E-state index < -0.39 is 0 Å². The molecular formula is C20H22N2O3. The van der Waals surface area contributed by atoms with Crippen molar-refractivity contribution in [3.8, 4) is 29.2 Å². The van der Waals surface area contributed by atoms with Crippen LogP contribution in [0.15, 0.2) is 42.6 Å². The number of benzene rings is 1. The van der Waals surface area contributed by atoms with Crippen molar-refractivity contribution in [1.82, 2.24) is 10.3 Å². The van der Waals surface area contributed by atoms with Crippen LogP contribution in [0, 0.1) is 11.8 Å². The van der Waals surface area contributed by atoms with E-state index in [1.54, 1.807) is 12.3 Å². The van der Waals surface area contributed by atoms with Crippen LogP contribution in [0.5, 0.6) is 17.4 Å². The minimum Gasteiger partial charge on any atom is -0.491 e. The normalized spacial score (nSPS) is 11.2. The van der Waals surface area contributed by atoms with Crippen molar-refractivity contribution < 1.29 is 14.3 Å². The van der Waals surface area contributed by atoms with Crippen molar-refractivity contribution in [3.05, 3.63) is 48.2 Å². The van der Waals surface area contributed by atoms with Gasteiger partial charge in [0.05, 0.1) is 12.1 Å². The van der Waals surface area contributed by atoms with Crippen LogP contribution in [0.2, 0.25) is 0 Å². The Morgan fingerprint density at radius 2 is 1.76 bits per heavy atom. The predicted octanol–water partition coefficient (Wildman–Crippen LogP) is 3.54. The lowest BCUT2D eigenvalue weighted by Crippen LogP contribution is -2.28. The number of nitrogens with one attached hydrogen (secondary N) is 1. The number of ether oxygens (including phenoxy) is 2. The number of pyridine rings is 1. The summed E-state index contributed by atoms with van der Waals surface area (Å²) in [5.74, 6) is 7.77. The molecule has 1 aromatic heterocycles. The molecule has 0 aliphatic heterocycles. The standard InChI is InChI=1S/C20H22N2O3/c1-14(2)24-18-8-10-19(11-9-18)25-20-12-7-17(13-21-20)6-5-15(3)22-16(4)23/h7-15H,1-4H3,(H,22,23). The van der Waals surface area contributed by atoms with E-state index in [2.05, 4.69) is 22.1 Å². The lowest BCUT2D eigenvalue weighted by atomic mass is 10.2. The van der Waals surface area contributed by atoms with Gasteiger partial charge in [0.2, 0.25) is 11.8 Å². The molecule has 0 aliphatic rings. The number of hydrogen-bond donors (Lipinski definition) is 1. The molecule has 2 aromatic rings. The second-order valence-electron chi connectivity index (χ2n) is 5.82. The molecule has 0 saturated carbocycles. The Morgan fingerprint density at radius 1 is 1.08 bits per heavy atom. The second-order valence-corrected chi connectivity index (χ2v) is 5.82. The predicted molar refractivity (Wildman–Crippen MR) is 96.7 cm³/mol. The van der Waals surface area contributed by atoms with E-state index in [1.807, 2.05) is 51.1 Å². The third-order valence-corrected chi connectivity index (χ3v) is 3.01. The molecule has 0 fully saturated rings. The van der Waals surface area contributed by atoms with Crippen molar-refractivity contribution in [1.29, 1.82) is 0 Å². The Bertz CT molecular complexity index is 756. The van der Waals surface area contributed by atoms with Crippen molar-refractivity contribution >= 4 is 5.91 Å². The molecule has 25 heavy (non-hydrogen) atoms. The molecule has 0 radical (unpaired) electrons. The third kappa shape index (κ3) is 6.56. The van der Waals surface area contributed by atoms with Gasteiger partial charge in [-0.3, -0.25) is 4.79 Å². The summed E-state index contributed by atoms with van der Waals surface area (Å²) < 4.78 is 11.3. The maximum Gasteiger partial charge on any atom is 0.219 e. The summed E-state index contributed by atoms with van der Waals surface area (Å²) >= 11 is 0. The summed E-state index contributed by atoms with van der Waals surface area (Å²) in [4.78, 5) is 15.2. The van der Waals surface area contributed by atoms with Crippen molar-refractivity contribution in [2.45, 2.75) is 39.8 Å². The van der Waals surface area contributed by atoms with Gasteiger partial charge in [-0.05, 0) is 51.1 Å². The molecular weight excluding hydrogens is 316 g/mol. The minimum atomic E-state index is -0.208. The first kappa shape index (κ1) is 18.3. The van der Waals surface area contributed by atoms with E-state index in [1.165, 1.54) is 6.92 Å². The van der Waals surface area contributed by atoms with Gasteiger partial charge >= 0.3 is 0 Å². The van der Waals surface area contributed by atoms with Gasteiger partial charge in [0, 0.05) is 24.8 Å². The first-order chi connectivity index (χ1) is 11.9. The smallest absolute Gasteiger partial charge is 0.219 e. The van der Waals surface area contributed by atoms with Gasteiger partial charge in [0.1, 0.15) is 11.5 Å². The van der Waals surface area contributed by atoms with E-state index in [-0.39, 0.29) is 18.1 Å². The van der Waals surface area contributed by atoms with E-state index in [9.17, 15) is 4.79 Å². The van der Waals surface area contributed by atoms with Crippen LogP contribution in [0.4, 0.5) is 0 Å². The average Bonchev–Trinajstić information content (AvgIpc) is 2.55. The Kier molecular flexibility index (Phi) is 6.41. The molecule has 1 N–H and O–H groups in total. The number of carbonyl (C=O) groups excluding carboxylic acids is 1. The molecule has 1 aromatic carbocycles. The zero-order chi connectivity index (χ0) is 18.2. The number of rotatable bonds is 5. The van der Waals surface area contributed by atoms with Crippen molar-refractivity contribution in [3.63, 3.8) is 0 Å². The number of aromatic nitrogens is 1. The quantitative estimate of drug-likeness (QED) is 0.847. The fourth-order valence-corrected chi connectivity index (χ4v) is 2.03. The Balaban J connectivity index is 1.96. The average molecular weight is 338 g/mol. The number of hydrogen-bond acceptors (Lipinski definition) is 4. The van der Waals surface area contributed by atoms with E-state index in [0.717, 1.165) is 11.3 Å². The molecule has 2 rings (SSSR count). The summed E-state index contributed by atoms with van der Waals surface area (Å²) in [5.41, 5.74) is 0.755. The number of carbonyl (C=O) groups is 1. The van der Waals surface area contributed by atoms with Crippen LogP contribution < -0.4 is 14.8 Å². The lowest BCUT2D eigenvalue weighted by Gasteiger charge is -2.10. The van der Waals surface area contributed by atoms with Gasteiger partial charge in [0.25, 0.3) is 0 Å². The number of nitrogens with zero attached hydrogens (tertiary/aromatic N) is 1. The van der Waals surface area contributed by atoms with Crippen LogP contribution in [-0.2, 0) is 4.79 Å². The van der Waals surface area contributed by atoms with E-state index >= 15 is 0 Å². The Hall–Kier alpha value is -3.00. The summed E-state index contributed by atoms with van der Waals surface area (Å²) in [5, 5.41) is 2.71. The highest BCUT2D eigenvalue weighted by molar-refractivity contribution is 5.73. The van der Waals surface area contributed by atoms with Crippen LogP contribution in [0.25, 0.3) is 0 Å². The highest BCUT2D eigenvalue weighted by Gasteiger charge is 2.02. The van der Waals surface area contributed by atoms with Gasteiger partial charge in [-0.15, -0.1) is 0 Å². The lowest BCUT2D eigenvalue weighted by molar-refractivity contribution is -0.119. The molecule has 0 aliphatic carbocycles. The summed E-state index contributed by atoms with van der Waals surface area (Å²) in [6, 6.07) is 10.8. The van der Waals surface area contributed by atoms with Crippen molar-refractivity contribution in [2.75, 3.05) is 0 Å². The molecule has 0 bridgehead atoms. The summed E-state index contributed by atoms with van der Waals surface area (Å²) in [7, 11) is 0. The molecule has 1 heterocycles. The highest BCUT2D eigenvalue weighted by atomic mass is 16.5. The highest BCUT2D eigenvalue weighted by Crippen LogP contribution is 2.23. The van der Waals surface area contributed by atoms with Crippen LogP contribution >= 0.6 is 0 Å². The maximum absolute atomic E-state index is 10.9. The van der Waals surface area contributed by atoms with E-state index in [0.29, 0.717) is 11.6 Å². The van der Waals surface area contributed by atoms with Crippen LogP contribution in [0.3, 0.4) is 0 Å². The zero-order valence-electron chi connectivity index (χ0n) is 14.9. The van der Waals surface area contributed by atoms with Crippen LogP contribution in [0.1, 0.15) is 33.3 Å². The Morgan fingerprint density at radius 3 is 2.32 bits per heavy atom. The molecule has 1 amide bonds. The molecule has 0 saturated heterocycles. The topological polar surface area (TPSA) is 60.5 Å². The van der Waals surface area contributed by atoms with Gasteiger partial charge < -0.3 is 14.8 Å². The molecule has 0 spiro atoms. The molecule has 5 nitrogen and oxygen atoms in total. The molecule has 1 unspecified atom stereocenters. The largest absolute Gasteiger partial charge is 0.491 e. The monoisotopic (exact) mass is 338 g/mol. The fraction of sp³-hybridized carbons (Fsp3) is 0.300. The first-order valence-electron chi connectivity index (χ1n) is 8.11. The van der Waals surface area contributed by atoms with Crippen molar-refractivity contribution in [2.24, 2.45) is 0 Å². The van der Waals surface area contributed by atoms with Gasteiger partial charge in [0.15, 0.2) is 0 Å².